The number of thiazole rings is 1. The van der Waals surface area contributed by atoms with Crippen molar-refractivity contribution in [1.29, 1.82) is 0 Å². The Bertz CT molecular complexity index is 617. The van der Waals surface area contributed by atoms with E-state index < -0.39 is 17.5 Å². The monoisotopic (exact) mass is 300 g/mol. The fourth-order valence-corrected chi connectivity index (χ4v) is 2.32. The summed E-state index contributed by atoms with van der Waals surface area (Å²) in [5.74, 6) is -0.415. The molecular weight excluding hydrogens is 289 g/mol. The standard InChI is InChI=1S/C13H11F3N2OS/c1-7(17)12-18-10(6-20-12)11(19)8-2-4-9(5-3-8)13(14,15)16/h2-7H,17H2,1H3. The number of nitrogens with two attached hydrogens (primary N) is 1. The van der Waals surface area contributed by atoms with Crippen molar-refractivity contribution in [2.45, 2.75) is 19.1 Å². The molecule has 106 valence electrons. The number of carbonyl (C=O) groups excluding carboxylic acids is 1. The van der Waals surface area contributed by atoms with Crippen LogP contribution in [0.25, 0.3) is 0 Å². The first-order valence-electron chi connectivity index (χ1n) is 5.72. The summed E-state index contributed by atoms with van der Waals surface area (Å²) in [6.45, 7) is 1.74. The van der Waals surface area contributed by atoms with Crippen molar-refractivity contribution in [3.63, 3.8) is 0 Å². The van der Waals surface area contributed by atoms with Gasteiger partial charge in [0.2, 0.25) is 5.78 Å². The lowest BCUT2D eigenvalue weighted by Crippen LogP contribution is -2.08. The van der Waals surface area contributed by atoms with Gasteiger partial charge in [-0.25, -0.2) is 4.98 Å². The van der Waals surface area contributed by atoms with Gasteiger partial charge in [0.15, 0.2) is 0 Å². The molecule has 2 aromatic rings. The zero-order valence-electron chi connectivity index (χ0n) is 10.4. The molecule has 0 aliphatic heterocycles. The summed E-state index contributed by atoms with van der Waals surface area (Å²) < 4.78 is 37.3. The number of aromatic nitrogens is 1. The van der Waals surface area contributed by atoms with Crippen LogP contribution in [-0.2, 0) is 6.18 Å². The van der Waals surface area contributed by atoms with Gasteiger partial charge in [-0.15, -0.1) is 11.3 Å². The van der Waals surface area contributed by atoms with E-state index in [1.54, 1.807) is 12.3 Å². The number of benzene rings is 1. The van der Waals surface area contributed by atoms with Crippen molar-refractivity contribution in [2.24, 2.45) is 5.73 Å². The van der Waals surface area contributed by atoms with Gasteiger partial charge in [0.25, 0.3) is 0 Å². The van der Waals surface area contributed by atoms with Crippen LogP contribution < -0.4 is 5.73 Å². The van der Waals surface area contributed by atoms with Crippen LogP contribution in [0.1, 0.15) is 39.6 Å². The second kappa shape index (κ2) is 5.34. The minimum atomic E-state index is -4.41. The zero-order valence-corrected chi connectivity index (χ0v) is 11.3. The minimum Gasteiger partial charge on any atom is -0.322 e. The number of rotatable bonds is 3. The number of ketones is 1. The van der Waals surface area contributed by atoms with Gasteiger partial charge in [0, 0.05) is 10.9 Å². The summed E-state index contributed by atoms with van der Waals surface area (Å²) in [5.41, 5.74) is 5.22. The average Bonchev–Trinajstić information content (AvgIpc) is 2.86. The van der Waals surface area contributed by atoms with Gasteiger partial charge in [0.05, 0.1) is 11.6 Å². The number of halogens is 3. The Morgan fingerprint density at radius 1 is 1.30 bits per heavy atom. The van der Waals surface area contributed by atoms with E-state index in [0.29, 0.717) is 5.01 Å². The van der Waals surface area contributed by atoms with Gasteiger partial charge in [-0.05, 0) is 19.1 Å². The van der Waals surface area contributed by atoms with Gasteiger partial charge in [-0.2, -0.15) is 13.2 Å². The third-order valence-electron chi connectivity index (χ3n) is 2.62. The summed E-state index contributed by atoms with van der Waals surface area (Å²) in [4.78, 5) is 16.1. The quantitative estimate of drug-likeness (QED) is 0.884. The lowest BCUT2D eigenvalue weighted by atomic mass is 10.1. The maximum atomic E-state index is 12.4. The highest BCUT2D eigenvalue weighted by atomic mass is 32.1. The molecule has 20 heavy (non-hydrogen) atoms. The van der Waals surface area contributed by atoms with Gasteiger partial charge in [-0.3, -0.25) is 4.79 Å². The molecule has 7 heteroatoms. The van der Waals surface area contributed by atoms with Crippen LogP contribution in [0.3, 0.4) is 0 Å². The van der Waals surface area contributed by atoms with Gasteiger partial charge in [-0.1, -0.05) is 12.1 Å². The molecule has 0 fully saturated rings. The van der Waals surface area contributed by atoms with E-state index >= 15 is 0 Å². The van der Waals surface area contributed by atoms with Crippen molar-refractivity contribution in [2.75, 3.05) is 0 Å². The molecule has 2 rings (SSSR count). The normalized spacial score (nSPS) is 13.2. The SMILES string of the molecule is CC(N)c1nc(C(=O)c2ccc(C(F)(F)F)cc2)cs1. The molecule has 1 aromatic heterocycles. The minimum absolute atomic E-state index is 0.166. The summed E-state index contributed by atoms with van der Waals surface area (Å²) in [6, 6.07) is 3.78. The largest absolute Gasteiger partial charge is 0.416 e. The summed E-state index contributed by atoms with van der Waals surface area (Å²) in [6.07, 6.45) is -4.41. The van der Waals surface area contributed by atoms with Gasteiger partial charge < -0.3 is 5.73 Å². The first kappa shape index (κ1) is 14.7. The van der Waals surface area contributed by atoms with E-state index in [1.807, 2.05) is 0 Å². The molecule has 1 atom stereocenters. The molecule has 1 aromatic carbocycles. The lowest BCUT2D eigenvalue weighted by molar-refractivity contribution is -0.137. The number of nitrogens with zero attached hydrogens (tertiary/aromatic N) is 1. The Labute approximate surface area is 117 Å². The molecule has 0 aliphatic rings. The van der Waals surface area contributed by atoms with E-state index in [1.165, 1.54) is 11.3 Å². The molecule has 2 N–H and O–H groups in total. The van der Waals surface area contributed by atoms with Gasteiger partial charge >= 0.3 is 6.18 Å². The Kier molecular flexibility index (Phi) is 3.92. The Morgan fingerprint density at radius 2 is 1.90 bits per heavy atom. The maximum absolute atomic E-state index is 12.4. The van der Waals surface area contributed by atoms with Crippen LogP contribution in [-0.4, -0.2) is 10.8 Å². The van der Waals surface area contributed by atoms with E-state index in [2.05, 4.69) is 4.98 Å². The van der Waals surface area contributed by atoms with Gasteiger partial charge in [0.1, 0.15) is 10.7 Å². The molecule has 0 saturated carbocycles. The second-order valence-electron chi connectivity index (χ2n) is 4.26. The number of carbonyl (C=O) groups is 1. The zero-order chi connectivity index (χ0) is 14.9. The number of hydrogen-bond acceptors (Lipinski definition) is 4. The molecular formula is C13H11F3N2OS. The molecule has 0 saturated heterocycles. The van der Waals surface area contributed by atoms with E-state index in [-0.39, 0.29) is 17.3 Å². The third-order valence-corrected chi connectivity index (χ3v) is 3.66. The van der Waals surface area contributed by atoms with Crippen LogP contribution in [0.15, 0.2) is 29.6 Å². The summed E-state index contributed by atoms with van der Waals surface area (Å²) >= 11 is 1.25. The van der Waals surface area contributed by atoms with E-state index in [9.17, 15) is 18.0 Å². The second-order valence-corrected chi connectivity index (χ2v) is 5.15. The Morgan fingerprint density at radius 3 is 2.35 bits per heavy atom. The molecule has 1 unspecified atom stereocenters. The lowest BCUT2D eigenvalue weighted by Gasteiger charge is -2.06. The highest BCUT2D eigenvalue weighted by molar-refractivity contribution is 7.09. The molecule has 0 radical (unpaired) electrons. The summed E-state index contributed by atoms with van der Waals surface area (Å²) in [5, 5.41) is 2.17. The fourth-order valence-electron chi connectivity index (χ4n) is 1.56. The molecule has 0 aliphatic carbocycles. The first-order valence-corrected chi connectivity index (χ1v) is 6.60. The van der Waals surface area contributed by atoms with Crippen LogP contribution in [0, 0.1) is 0 Å². The predicted octanol–water partition coefficient (Wildman–Crippen LogP) is 3.41. The van der Waals surface area contributed by atoms with Crippen LogP contribution >= 0.6 is 11.3 Å². The van der Waals surface area contributed by atoms with Crippen molar-refractivity contribution >= 4 is 17.1 Å². The molecule has 0 spiro atoms. The van der Waals surface area contributed by atoms with E-state index in [4.69, 9.17) is 5.73 Å². The van der Waals surface area contributed by atoms with Crippen molar-refractivity contribution < 1.29 is 18.0 Å². The molecule has 3 nitrogen and oxygen atoms in total. The molecule has 0 bridgehead atoms. The number of hydrogen-bond donors (Lipinski definition) is 1. The highest BCUT2D eigenvalue weighted by Gasteiger charge is 2.30. The highest BCUT2D eigenvalue weighted by Crippen LogP contribution is 2.29. The van der Waals surface area contributed by atoms with Crippen molar-refractivity contribution in [3.05, 3.63) is 51.5 Å². The fraction of sp³-hybridized carbons (Fsp3) is 0.231. The van der Waals surface area contributed by atoms with Crippen LogP contribution in [0.5, 0.6) is 0 Å². The average molecular weight is 300 g/mol. The maximum Gasteiger partial charge on any atom is 0.416 e. The molecule has 1 heterocycles. The van der Waals surface area contributed by atoms with Crippen molar-refractivity contribution in [1.82, 2.24) is 4.98 Å². The topological polar surface area (TPSA) is 56.0 Å². The van der Waals surface area contributed by atoms with Crippen molar-refractivity contribution in [3.8, 4) is 0 Å². The third kappa shape index (κ3) is 3.05. The molecule has 0 amide bonds. The smallest absolute Gasteiger partial charge is 0.322 e. The predicted molar refractivity (Wildman–Crippen MR) is 69.6 cm³/mol. The Balaban J connectivity index is 2.24. The van der Waals surface area contributed by atoms with Crippen LogP contribution in [0.2, 0.25) is 0 Å². The number of alkyl halides is 3. The Hall–Kier alpha value is -1.73. The van der Waals surface area contributed by atoms with Crippen LogP contribution in [0.4, 0.5) is 13.2 Å². The van der Waals surface area contributed by atoms with E-state index in [0.717, 1.165) is 24.3 Å². The summed E-state index contributed by atoms with van der Waals surface area (Å²) in [7, 11) is 0. The first-order chi connectivity index (χ1) is 9.29.